The van der Waals surface area contributed by atoms with Gasteiger partial charge in [0.1, 0.15) is 6.10 Å². The third-order valence-electron chi connectivity index (χ3n) is 5.57. The quantitative estimate of drug-likeness (QED) is 0.353. The molecule has 0 amide bonds. The lowest BCUT2D eigenvalue weighted by atomic mass is 10.1. The van der Waals surface area contributed by atoms with E-state index >= 15 is 0 Å². The third kappa shape index (κ3) is 5.45. The Morgan fingerprint density at radius 3 is 2.36 bits per heavy atom. The average Bonchev–Trinajstić information content (AvgIpc) is 3.66. The molecule has 0 atom stereocenters. The Kier molecular flexibility index (Phi) is 6.10. The summed E-state index contributed by atoms with van der Waals surface area (Å²) in [5.74, 6) is 0.679. The van der Waals surface area contributed by atoms with E-state index in [1.165, 1.54) is 18.4 Å². The van der Waals surface area contributed by atoms with Crippen LogP contribution in [0, 0.1) is 0 Å². The molecule has 186 valence electrons. The maximum absolute atomic E-state index is 12.0. The predicted molar refractivity (Wildman–Crippen MR) is 135 cm³/mol. The highest BCUT2D eigenvalue weighted by Crippen LogP contribution is 2.32. The van der Waals surface area contributed by atoms with Crippen LogP contribution >= 0.6 is 0 Å². The minimum absolute atomic E-state index is 0.0391. The van der Waals surface area contributed by atoms with Gasteiger partial charge in [0.05, 0.1) is 21.0 Å². The molecule has 5 rings (SSSR count). The number of aromatic nitrogens is 3. The first-order chi connectivity index (χ1) is 17.1. The lowest BCUT2D eigenvalue weighted by Gasteiger charge is -2.12. The van der Waals surface area contributed by atoms with Crippen molar-refractivity contribution >= 4 is 36.8 Å². The van der Waals surface area contributed by atoms with Gasteiger partial charge in [-0.1, -0.05) is 24.3 Å². The van der Waals surface area contributed by atoms with Crippen molar-refractivity contribution in [3.8, 4) is 17.1 Å². The Balaban J connectivity index is 1.46. The number of nitrogens with one attached hydrogen (secondary N) is 1. The number of anilines is 1. The van der Waals surface area contributed by atoms with Crippen LogP contribution in [0.2, 0.25) is 0 Å². The summed E-state index contributed by atoms with van der Waals surface area (Å²) < 4.78 is 52.9. The van der Waals surface area contributed by atoms with Crippen molar-refractivity contribution in [2.24, 2.45) is 5.14 Å². The largest absolute Gasteiger partial charge is 0.473 e. The van der Waals surface area contributed by atoms with Crippen LogP contribution in [0.4, 0.5) is 5.95 Å². The van der Waals surface area contributed by atoms with Gasteiger partial charge < -0.3 is 10.1 Å². The van der Waals surface area contributed by atoms with Crippen molar-refractivity contribution in [1.82, 2.24) is 15.0 Å². The van der Waals surface area contributed by atoms with Crippen molar-refractivity contribution in [2.75, 3.05) is 11.6 Å². The van der Waals surface area contributed by atoms with Crippen LogP contribution in [0.25, 0.3) is 22.3 Å². The first-order valence-corrected chi connectivity index (χ1v) is 14.5. The topological polar surface area (TPSA) is 154 Å². The molecule has 2 heterocycles. The summed E-state index contributed by atoms with van der Waals surface area (Å²) in [6.45, 7) is 0.350. The summed E-state index contributed by atoms with van der Waals surface area (Å²) in [7, 11) is -7.11. The molecule has 2 aromatic heterocycles. The molecular weight excluding hydrogens is 502 g/mol. The maximum atomic E-state index is 12.0. The van der Waals surface area contributed by atoms with E-state index in [1.807, 2.05) is 0 Å². The second kappa shape index (κ2) is 9.12. The molecule has 4 aromatic rings. The summed E-state index contributed by atoms with van der Waals surface area (Å²) in [6.07, 6.45) is 3.10. The van der Waals surface area contributed by atoms with E-state index < -0.39 is 19.9 Å². The molecule has 12 heteroatoms. The Morgan fingerprint density at radius 1 is 0.944 bits per heavy atom. The van der Waals surface area contributed by atoms with Crippen molar-refractivity contribution in [3.05, 3.63) is 66.2 Å². The zero-order valence-electron chi connectivity index (χ0n) is 19.2. The Bertz CT molecular complexity index is 1670. The molecule has 2 aromatic carbocycles. The van der Waals surface area contributed by atoms with E-state index in [1.54, 1.807) is 48.5 Å². The minimum Gasteiger partial charge on any atom is -0.473 e. The SMILES string of the molecule is CS(=O)(=O)c1cccc(-c2ccc3nc(NCc4ccc(S(N)(=O)=O)cc4)nc(OC4CC4)c3n2)c1. The standard InChI is InChI=1S/C24H23N5O5S2/c1-35(30,31)19-4-2-3-16(13-19)20-11-12-21-22(27-20)23(34-17-7-8-17)29-24(28-21)26-14-15-5-9-18(10-6-15)36(25,32)33/h2-6,9-13,17H,7-8,14H2,1H3,(H2,25,32,33)(H,26,28,29). The van der Waals surface area contributed by atoms with E-state index in [-0.39, 0.29) is 15.9 Å². The van der Waals surface area contributed by atoms with Gasteiger partial charge in [-0.25, -0.2) is 31.9 Å². The smallest absolute Gasteiger partial charge is 0.245 e. The summed E-state index contributed by atoms with van der Waals surface area (Å²) in [6, 6.07) is 16.4. The minimum atomic E-state index is -3.75. The van der Waals surface area contributed by atoms with Gasteiger partial charge in [-0.2, -0.15) is 4.98 Å². The number of nitrogens with two attached hydrogens (primary N) is 1. The van der Waals surface area contributed by atoms with E-state index in [2.05, 4.69) is 15.3 Å². The number of sulfonamides is 1. The number of fused-ring (bicyclic) bond motifs is 1. The number of hydrogen-bond acceptors (Lipinski definition) is 9. The average molecular weight is 526 g/mol. The number of benzene rings is 2. The summed E-state index contributed by atoms with van der Waals surface area (Å²) in [5.41, 5.74) is 3.09. The fourth-order valence-corrected chi connectivity index (χ4v) is 4.70. The number of nitrogens with zero attached hydrogens (tertiary/aromatic N) is 3. The zero-order chi connectivity index (χ0) is 25.5. The number of sulfone groups is 1. The van der Waals surface area contributed by atoms with Crippen LogP contribution < -0.4 is 15.2 Å². The molecule has 3 N–H and O–H groups in total. The lowest BCUT2D eigenvalue weighted by Crippen LogP contribution is -2.12. The second-order valence-electron chi connectivity index (χ2n) is 8.58. The molecule has 1 saturated carbocycles. The molecule has 10 nitrogen and oxygen atoms in total. The summed E-state index contributed by atoms with van der Waals surface area (Å²) >= 11 is 0. The Labute approximate surface area is 208 Å². The predicted octanol–water partition coefficient (Wildman–Crippen LogP) is 2.90. The van der Waals surface area contributed by atoms with Gasteiger partial charge >= 0.3 is 0 Å². The van der Waals surface area contributed by atoms with E-state index in [0.29, 0.717) is 40.7 Å². The van der Waals surface area contributed by atoms with Crippen LogP contribution in [-0.2, 0) is 26.4 Å². The van der Waals surface area contributed by atoms with Gasteiger partial charge in [-0.05, 0) is 54.8 Å². The molecular formula is C24H23N5O5S2. The summed E-state index contributed by atoms with van der Waals surface area (Å²) in [4.78, 5) is 14.0. The molecule has 0 bridgehead atoms. The van der Waals surface area contributed by atoms with Crippen molar-refractivity contribution in [1.29, 1.82) is 0 Å². The molecule has 0 radical (unpaired) electrons. The van der Waals surface area contributed by atoms with Crippen molar-refractivity contribution < 1.29 is 21.6 Å². The van der Waals surface area contributed by atoms with Crippen LogP contribution in [0.1, 0.15) is 18.4 Å². The van der Waals surface area contributed by atoms with Crippen molar-refractivity contribution in [2.45, 2.75) is 35.3 Å². The van der Waals surface area contributed by atoms with E-state index in [0.717, 1.165) is 18.4 Å². The lowest BCUT2D eigenvalue weighted by molar-refractivity contribution is 0.294. The molecule has 0 spiro atoms. The number of primary sulfonamides is 1. The molecule has 1 fully saturated rings. The van der Waals surface area contributed by atoms with Gasteiger partial charge in [0.15, 0.2) is 15.4 Å². The number of ether oxygens (including phenoxy) is 1. The highest BCUT2D eigenvalue weighted by molar-refractivity contribution is 7.90. The first kappa shape index (κ1) is 24.1. The Morgan fingerprint density at radius 2 is 1.69 bits per heavy atom. The van der Waals surface area contributed by atoms with Crippen LogP contribution in [-0.4, -0.2) is 44.1 Å². The maximum Gasteiger partial charge on any atom is 0.245 e. The molecule has 0 unspecified atom stereocenters. The van der Waals surface area contributed by atoms with Gasteiger partial charge in [0, 0.05) is 18.4 Å². The molecule has 36 heavy (non-hydrogen) atoms. The zero-order valence-corrected chi connectivity index (χ0v) is 20.9. The molecule has 0 saturated heterocycles. The van der Waals surface area contributed by atoms with Gasteiger partial charge in [-0.15, -0.1) is 0 Å². The second-order valence-corrected chi connectivity index (χ2v) is 12.2. The van der Waals surface area contributed by atoms with E-state index in [4.69, 9.17) is 14.9 Å². The van der Waals surface area contributed by atoms with E-state index in [9.17, 15) is 16.8 Å². The molecule has 0 aliphatic heterocycles. The molecule has 1 aliphatic rings. The van der Waals surface area contributed by atoms with Crippen molar-refractivity contribution in [3.63, 3.8) is 0 Å². The fraction of sp³-hybridized carbons (Fsp3) is 0.208. The fourth-order valence-electron chi connectivity index (χ4n) is 3.52. The van der Waals surface area contributed by atoms with Gasteiger partial charge in [0.25, 0.3) is 0 Å². The highest BCUT2D eigenvalue weighted by atomic mass is 32.2. The van der Waals surface area contributed by atoms with Crippen LogP contribution in [0.15, 0.2) is 70.5 Å². The highest BCUT2D eigenvalue weighted by Gasteiger charge is 2.26. The number of hydrogen-bond donors (Lipinski definition) is 2. The van der Waals surface area contributed by atoms with Crippen LogP contribution in [0.3, 0.4) is 0 Å². The third-order valence-corrected chi connectivity index (χ3v) is 7.61. The molecule has 1 aliphatic carbocycles. The van der Waals surface area contributed by atoms with Gasteiger partial charge in [-0.3, -0.25) is 0 Å². The summed E-state index contributed by atoms with van der Waals surface area (Å²) in [5, 5.41) is 8.29. The first-order valence-electron chi connectivity index (χ1n) is 11.1. The number of rotatable bonds is 8. The van der Waals surface area contributed by atoms with Crippen LogP contribution in [0.5, 0.6) is 5.88 Å². The number of pyridine rings is 1. The normalized spacial score (nSPS) is 14.1. The Hall–Kier alpha value is -3.61. The monoisotopic (exact) mass is 525 g/mol. The van der Waals surface area contributed by atoms with Gasteiger partial charge in [0.2, 0.25) is 21.9 Å².